The number of benzene rings is 2. The van der Waals surface area contributed by atoms with Gasteiger partial charge >= 0.3 is 0 Å². The molecule has 2 aromatic carbocycles. The third kappa shape index (κ3) is 3.51. The molecule has 5 heteroatoms. The fourth-order valence-corrected chi connectivity index (χ4v) is 2.45. The molecule has 0 atom stereocenters. The second kappa shape index (κ2) is 5.54. The molecule has 0 N–H and O–H groups in total. The van der Waals surface area contributed by atoms with Crippen molar-refractivity contribution in [2.24, 2.45) is 0 Å². The van der Waals surface area contributed by atoms with Crippen molar-refractivity contribution in [3.8, 4) is 0 Å². The highest BCUT2D eigenvalue weighted by Crippen LogP contribution is 2.13. The van der Waals surface area contributed by atoms with E-state index in [9.17, 15) is 17.6 Å². The number of hydrogen-bond acceptors (Lipinski definition) is 3. The van der Waals surface area contributed by atoms with Crippen LogP contribution in [0.5, 0.6) is 0 Å². The lowest BCUT2D eigenvalue weighted by Crippen LogP contribution is -2.05. The molecule has 2 rings (SSSR count). The Morgan fingerprint density at radius 2 is 1.75 bits per heavy atom. The molecule has 0 saturated carbocycles. The third-order valence-corrected chi connectivity index (χ3v) is 3.99. The summed E-state index contributed by atoms with van der Waals surface area (Å²) in [4.78, 5) is 12.2. The SMILES string of the molecule is CS(=O)(=O)c1ccc(C(=O)Cc2cccc(F)c2)cc1. The molecule has 0 aliphatic heterocycles. The van der Waals surface area contributed by atoms with Gasteiger partial charge in [0, 0.05) is 18.2 Å². The van der Waals surface area contributed by atoms with Gasteiger partial charge in [0.25, 0.3) is 0 Å². The average molecular weight is 292 g/mol. The largest absolute Gasteiger partial charge is 0.294 e. The van der Waals surface area contributed by atoms with Crippen molar-refractivity contribution in [3.63, 3.8) is 0 Å². The van der Waals surface area contributed by atoms with Crippen LogP contribution >= 0.6 is 0 Å². The Labute approximate surface area is 117 Å². The third-order valence-electron chi connectivity index (χ3n) is 2.86. The topological polar surface area (TPSA) is 51.2 Å². The predicted molar refractivity (Wildman–Crippen MR) is 74.0 cm³/mol. The van der Waals surface area contributed by atoms with Crippen LogP contribution in [0.3, 0.4) is 0 Å². The molecule has 0 heterocycles. The zero-order chi connectivity index (χ0) is 14.8. The van der Waals surface area contributed by atoms with Crippen LogP contribution in [0, 0.1) is 5.82 Å². The van der Waals surface area contributed by atoms with Gasteiger partial charge < -0.3 is 0 Å². The van der Waals surface area contributed by atoms with E-state index < -0.39 is 9.84 Å². The Balaban J connectivity index is 2.18. The molecule has 20 heavy (non-hydrogen) atoms. The van der Waals surface area contributed by atoms with Crippen molar-refractivity contribution in [3.05, 3.63) is 65.5 Å². The average Bonchev–Trinajstić information content (AvgIpc) is 2.38. The summed E-state index contributed by atoms with van der Waals surface area (Å²) in [6.07, 6.45) is 1.19. The summed E-state index contributed by atoms with van der Waals surface area (Å²) >= 11 is 0. The van der Waals surface area contributed by atoms with E-state index in [1.807, 2.05) is 0 Å². The first-order valence-corrected chi connectivity index (χ1v) is 7.83. The number of carbonyl (C=O) groups is 1. The number of rotatable bonds is 4. The van der Waals surface area contributed by atoms with Crippen LogP contribution in [0.15, 0.2) is 53.4 Å². The molecule has 3 nitrogen and oxygen atoms in total. The molecule has 0 aromatic heterocycles. The van der Waals surface area contributed by atoms with E-state index in [1.165, 1.54) is 36.4 Å². The minimum atomic E-state index is -3.27. The lowest BCUT2D eigenvalue weighted by molar-refractivity contribution is 0.0993. The summed E-state index contributed by atoms with van der Waals surface area (Å²) in [6, 6.07) is 11.6. The van der Waals surface area contributed by atoms with Crippen molar-refractivity contribution in [2.45, 2.75) is 11.3 Å². The molecule has 0 amide bonds. The van der Waals surface area contributed by atoms with Gasteiger partial charge in [-0.05, 0) is 29.8 Å². The standard InChI is InChI=1S/C15H13FO3S/c1-20(18,19)14-7-5-12(6-8-14)15(17)10-11-3-2-4-13(16)9-11/h2-9H,10H2,1H3. The van der Waals surface area contributed by atoms with Gasteiger partial charge in [-0.1, -0.05) is 24.3 Å². The number of carbonyl (C=O) groups excluding carboxylic acids is 1. The predicted octanol–water partition coefficient (Wildman–Crippen LogP) is 2.65. The van der Waals surface area contributed by atoms with Crippen molar-refractivity contribution >= 4 is 15.6 Å². The zero-order valence-electron chi connectivity index (χ0n) is 10.8. The molecule has 0 aliphatic carbocycles. The first kappa shape index (κ1) is 14.4. The van der Waals surface area contributed by atoms with E-state index in [-0.39, 0.29) is 22.9 Å². The Bertz CT molecular complexity index is 734. The summed E-state index contributed by atoms with van der Waals surface area (Å²) in [7, 11) is -3.27. The van der Waals surface area contributed by atoms with Gasteiger partial charge in [-0.2, -0.15) is 0 Å². The van der Waals surface area contributed by atoms with E-state index in [0.717, 1.165) is 6.26 Å². The molecule has 0 radical (unpaired) electrons. The monoisotopic (exact) mass is 292 g/mol. The number of Topliss-reactive ketones (excluding diaryl/α,β-unsaturated/α-hetero) is 1. The fourth-order valence-electron chi connectivity index (χ4n) is 1.82. The lowest BCUT2D eigenvalue weighted by atomic mass is 10.0. The van der Waals surface area contributed by atoms with E-state index in [4.69, 9.17) is 0 Å². The summed E-state index contributed by atoms with van der Waals surface area (Å²) in [6.45, 7) is 0. The minimum absolute atomic E-state index is 0.0793. The number of halogens is 1. The maximum atomic E-state index is 13.0. The van der Waals surface area contributed by atoms with Crippen LogP contribution in [0.4, 0.5) is 4.39 Å². The highest BCUT2D eigenvalue weighted by molar-refractivity contribution is 7.90. The van der Waals surface area contributed by atoms with Gasteiger partial charge in [0.05, 0.1) is 4.90 Å². The van der Waals surface area contributed by atoms with E-state index in [1.54, 1.807) is 12.1 Å². The molecule has 0 spiro atoms. The van der Waals surface area contributed by atoms with Crippen LogP contribution in [0.1, 0.15) is 15.9 Å². The Morgan fingerprint density at radius 3 is 2.30 bits per heavy atom. The molecule has 0 bridgehead atoms. The van der Waals surface area contributed by atoms with Gasteiger partial charge in [0.15, 0.2) is 15.6 Å². The minimum Gasteiger partial charge on any atom is -0.294 e. The first-order chi connectivity index (χ1) is 9.36. The van der Waals surface area contributed by atoms with Gasteiger partial charge in [0.2, 0.25) is 0 Å². The van der Waals surface area contributed by atoms with Gasteiger partial charge in [0.1, 0.15) is 5.82 Å². The molecule has 0 fully saturated rings. The molecular weight excluding hydrogens is 279 g/mol. The second-order valence-corrected chi connectivity index (χ2v) is 6.54. The van der Waals surface area contributed by atoms with Gasteiger partial charge in [-0.15, -0.1) is 0 Å². The summed E-state index contributed by atoms with van der Waals surface area (Å²) < 4.78 is 35.7. The fraction of sp³-hybridized carbons (Fsp3) is 0.133. The highest BCUT2D eigenvalue weighted by Gasteiger charge is 2.10. The summed E-state index contributed by atoms with van der Waals surface area (Å²) in [5.74, 6) is -0.571. The Kier molecular flexibility index (Phi) is 3.99. The van der Waals surface area contributed by atoms with Gasteiger partial charge in [-0.25, -0.2) is 12.8 Å². The summed E-state index contributed by atoms with van der Waals surface area (Å²) in [5, 5.41) is 0. The molecule has 2 aromatic rings. The van der Waals surface area contributed by atoms with Crippen molar-refractivity contribution in [2.75, 3.05) is 6.26 Å². The number of ketones is 1. The molecular formula is C15H13FO3S. The molecule has 0 saturated heterocycles. The lowest BCUT2D eigenvalue weighted by Gasteiger charge is -2.03. The summed E-state index contributed by atoms with van der Waals surface area (Å²) in [5.41, 5.74) is 0.990. The second-order valence-electron chi connectivity index (χ2n) is 4.53. The smallest absolute Gasteiger partial charge is 0.175 e. The Morgan fingerprint density at radius 1 is 1.10 bits per heavy atom. The molecule has 0 unspecified atom stereocenters. The quantitative estimate of drug-likeness (QED) is 0.814. The van der Waals surface area contributed by atoms with Crippen LogP contribution in [-0.2, 0) is 16.3 Å². The maximum absolute atomic E-state index is 13.0. The highest BCUT2D eigenvalue weighted by atomic mass is 32.2. The zero-order valence-corrected chi connectivity index (χ0v) is 11.7. The van der Waals surface area contributed by atoms with Crippen molar-refractivity contribution in [1.82, 2.24) is 0 Å². The van der Waals surface area contributed by atoms with Crippen LogP contribution in [0.2, 0.25) is 0 Å². The van der Waals surface area contributed by atoms with Crippen LogP contribution in [-0.4, -0.2) is 20.5 Å². The van der Waals surface area contributed by atoms with E-state index >= 15 is 0 Å². The molecule has 104 valence electrons. The van der Waals surface area contributed by atoms with Crippen LogP contribution < -0.4 is 0 Å². The van der Waals surface area contributed by atoms with Gasteiger partial charge in [-0.3, -0.25) is 4.79 Å². The number of sulfone groups is 1. The Hall–Kier alpha value is -2.01. The van der Waals surface area contributed by atoms with E-state index in [2.05, 4.69) is 0 Å². The number of hydrogen-bond donors (Lipinski definition) is 0. The van der Waals surface area contributed by atoms with Crippen LogP contribution in [0.25, 0.3) is 0 Å². The maximum Gasteiger partial charge on any atom is 0.175 e. The van der Waals surface area contributed by atoms with Crippen molar-refractivity contribution < 1.29 is 17.6 Å². The normalized spacial score (nSPS) is 11.3. The van der Waals surface area contributed by atoms with E-state index in [0.29, 0.717) is 11.1 Å². The molecule has 0 aliphatic rings. The van der Waals surface area contributed by atoms with Crippen molar-refractivity contribution in [1.29, 1.82) is 0 Å². The first-order valence-electron chi connectivity index (χ1n) is 5.94.